The maximum absolute atomic E-state index is 13.7. The second-order valence-electron chi connectivity index (χ2n) is 3.99. The Labute approximate surface area is 123 Å². The van der Waals surface area contributed by atoms with Crippen LogP contribution in [-0.2, 0) is 0 Å². The number of nitro groups is 1. The molecule has 0 aliphatic carbocycles. The van der Waals surface area contributed by atoms with E-state index in [1.807, 2.05) is 0 Å². The van der Waals surface area contributed by atoms with Gasteiger partial charge in [-0.3, -0.25) is 10.1 Å². The normalized spacial score (nSPS) is 10.4. The van der Waals surface area contributed by atoms with E-state index in [1.54, 1.807) is 6.92 Å². The van der Waals surface area contributed by atoms with Gasteiger partial charge in [-0.05, 0) is 19.1 Å². The molecule has 0 fully saturated rings. The highest BCUT2D eigenvalue weighted by molar-refractivity contribution is 7.99. The molecule has 0 unspecified atom stereocenters. The third-order valence-corrected chi connectivity index (χ3v) is 3.49. The van der Waals surface area contributed by atoms with E-state index in [2.05, 4.69) is 10.3 Å². The number of aromatic nitrogens is 1. The Hall–Kier alpha value is -2.22. The van der Waals surface area contributed by atoms with Gasteiger partial charge in [0.1, 0.15) is 5.03 Å². The standard InChI is InChI=1S/C13H11F2N3O2S/c1-2-16-12-10(14)7-11(15)13(17-12)21-9-5-3-8(4-6-9)18(19)20/h3-7H,2H2,1H3,(H,16,17). The molecular weight excluding hydrogens is 300 g/mol. The molecule has 0 spiro atoms. The van der Waals surface area contributed by atoms with Gasteiger partial charge < -0.3 is 5.32 Å². The molecule has 1 N–H and O–H groups in total. The molecule has 5 nitrogen and oxygen atoms in total. The van der Waals surface area contributed by atoms with E-state index >= 15 is 0 Å². The van der Waals surface area contributed by atoms with E-state index in [4.69, 9.17) is 0 Å². The first kappa shape index (κ1) is 15.2. The minimum Gasteiger partial charge on any atom is -0.368 e. The molecule has 21 heavy (non-hydrogen) atoms. The summed E-state index contributed by atoms with van der Waals surface area (Å²) in [6.45, 7) is 2.23. The molecule has 0 amide bonds. The first-order valence-corrected chi connectivity index (χ1v) is 6.85. The molecule has 0 radical (unpaired) electrons. The molecule has 1 aromatic heterocycles. The van der Waals surface area contributed by atoms with Crippen molar-refractivity contribution >= 4 is 23.3 Å². The van der Waals surface area contributed by atoms with Gasteiger partial charge >= 0.3 is 0 Å². The molecule has 0 saturated carbocycles. The van der Waals surface area contributed by atoms with Gasteiger partial charge in [-0.25, -0.2) is 13.8 Å². The summed E-state index contributed by atoms with van der Waals surface area (Å²) in [5.74, 6) is -1.57. The molecule has 2 rings (SSSR count). The third kappa shape index (κ3) is 3.66. The van der Waals surface area contributed by atoms with Crippen LogP contribution in [0.5, 0.6) is 0 Å². The number of rotatable bonds is 5. The summed E-state index contributed by atoms with van der Waals surface area (Å²) in [6.07, 6.45) is 0. The monoisotopic (exact) mass is 311 g/mol. The number of halogens is 2. The fourth-order valence-electron chi connectivity index (χ4n) is 1.56. The minimum absolute atomic E-state index is 0.00111. The van der Waals surface area contributed by atoms with Crippen LogP contribution in [0.1, 0.15) is 6.92 Å². The molecule has 0 saturated heterocycles. The van der Waals surface area contributed by atoms with Gasteiger partial charge in [0.25, 0.3) is 5.69 Å². The van der Waals surface area contributed by atoms with Crippen LogP contribution in [0, 0.1) is 21.7 Å². The zero-order valence-electron chi connectivity index (χ0n) is 11.0. The van der Waals surface area contributed by atoms with E-state index in [0.717, 1.165) is 17.8 Å². The van der Waals surface area contributed by atoms with Crippen LogP contribution in [0.2, 0.25) is 0 Å². The van der Waals surface area contributed by atoms with Crippen LogP contribution in [-0.4, -0.2) is 16.5 Å². The average Bonchev–Trinajstić information content (AvgIpc) is 2.45. The van der Waals surface area contributed by atoms with Crippen molar-refractivity contribution in [1.29, 1.82) is 0 Å². The summed E-state index contributed by atoms with van der Waals surface area (Å²) in [6, 6.07) is 6.36. The van der Waals surface area contributed by atoms with Crippen molar-refractivity contribution in [1.82, 2.24) is 4.98 Å². The Morgan fingerprint density at radius 3 is 2.52 bits per heavy atom. The molecule has 2 aromatic rings. The number of anilines is 1. The fourth-order valence-corrected chi connectivity index (χ4v) is 2.35. The number of nitrogens with one attached hydrogen (secondary N) is 1. The van der Waals surface area contributed by atoms with E-state index in [-0.39, 0.29) is 16.5 Å². The summed E-state index contributed by atoms with van der Waals surface area (Å²) in [5.41, 5.74) is -0.0553. The van der Waals surface area contributed by atoms with Gasteiger partial charge in [-0.15, -0.1) is 0 Å². The van der Waals surface area contributed by atoms with Crippen molar-refractivity contribution in [2.75, 3.05) is 11.9 Å². The summed E-state index contributed by atoms with van der Waals surface area (Å²) in [4.78, 5) is 14.5. The number of hydrogen-bond acceptors (Lipinski definition) is 5. The lowest BCUT2D eigenvalue weighted by Gasteiger charge is -2.08. The second-order valence-corrected chi connectivity index (χ2v) is 5.05. The lowest BCUT2D eigenvalue weighted by molar-refractivity contribution is -0.384. The molecule has 0 atom stereocenters. The maximum atomic E-state index is 13.7. The second kappa shape index (κ2) is 6.49. The van der Waals surface area contributed by atoms with E-state index in [0.29, 0.717) is 11.4 Å². The fraction of sp³-hybridized carbons (Fsp3) is 0.154. The van der Waals surface area contributed by atoms with Crippen LogP contribution in [0.25, 0.3) is 0 Å². The maximum Gasteiger partial charge on any atom is 0.269 e. The predicted molar refractivity (Wildman–Crippen MR) is 75.5 cm³/mol. The smallest absolute Gasteiger partial charge is 0.269 e. The molecule has 0 aliphatic rings. The summed E-state index contributed by atoms with van der Waals surface area (Å²) in [5, 5.41) is 13.3. The van der Waals surface area contributed by atoms with Crippen molar-refractivity contribution < 1.29 is 13.7 Å². The van der Waals surface area contributed by atoms with Gasteiger partial charge in [0.2, 0.25) is 0 Å². The lowest BCUT2D eigenvalue weighted by atomic mass is 10.3. The van der Waals surface area contributed by atoms with Crippen LogP contribution in [0.3, 0.4) is 0 Å². The Morgan fingerprint density at radius 2 is 1.95 bits per heavy atom. The van der Waals surface area contributed by atoms with Crippen molar-refractivity contribution in [3.63, 3.8) is 0 Å². The zero-order valence-corrected chi connectivity index (χ0v) is 11.8. The first-order chi connectivity index (χ1) is 10.0. The predicted octanol–water partition coefficient (Wildman–Crippen LogP) is 3.85. The van der Waals surface area contributed by atoms with Gasteiger partial charge in [0.05, 0.1) is 4.92 Å². The van der Waals surface area contributed by atoms with Gasteiger partial charge in [0, 0.05) is 29.6 Å². The topological polar surface area (TPSA) is 68.1 Å². The van der Waals surface area contributed by atoms with Crippen molar-refractivity contribution in [2.45, 2.75) is 16.8 Å². The number of nitrogens with zero attached hydrogens (tertiary/aromatic N) is 2. The molecule has 0 bridgehead atoms. The van der Waals surface area contributed by atoms with Crippen LogP contribution < -0.4 is 5.32 Å². The van der Waals surface area contributed by atoms with Crippen molar-refractivity contribution in [3.05, 3.63) is 52.1 Å². The van der Waals surface area contributed by atoms with E-state index in [1.165, 1.54) is 24.3 Å². The number of hydrogen-bond donors (Lipinski definition) is 1. The SMILES string of the molecule is CCNc1nc(Sc2ccc([N+](=O)[O-])cc2)c(F)cc1F. The Bertz CT molecular complexity index is 665. The third-order valence-electron chi connectivity index (χ3n) is 2.50. The van der Waals surface area contributed by atoms with E-state index in [9.17, 15) is 18.9 Å². The number of pyridine rings is 1. The summed E-state index contributed by atoms with van der Waals surface area (Å²) < 4.78 is 27.2. The van der Waals surface area contributed by atoms with Crippen molar-refractivity contribution in [2.24, 2.45) is 0 Å². The quantitative estimate of drug-likeness (QED) is 0.671. The number of non-ortho nitro benzene ring substituents is 1. The Balaban J connectivity index is 2.26. The highest BCUT2D eigenvalue weighted by Gasteiger charge is 2.13. The summed E-state index contributed by atoms with van der Waals surface area (Å²) in [7, 11) is 0. The molecule has 110 valence electrons. The number of benzene rings is 1. The summed E-state index contributed by atoms with van der Waals surface area (Å²) >= 11 is 0.968. The average molecular weight is 311 g/mol. The Morgan fingerprint density at radius 1 is 1.29 bits per heavy atom. The van der Waals surface area contributed by atoms with Crippen LogP contribution in [0.15, 0.2) is 40.3 Å². The molecule has 0 aliphatic heterocycles. The Kier molecular flexibility index (Phi) is 4.69. The lowest BCUT2D eigenvalue weighted by Crippen LogP contribution is -2.04. The zero-order chi connectivity index (χ0) is 15.4. The molecule has 8 heteroatoms. The van der Waals surface area contributed by atoms with E-state index < -0.39 is 16.6 Å². The van der Waals surface area contributed by atoms with Gasteiger partial charge in [-0.1, -0.05) is 11.8 Å². The van der Waals surface area contributed by atoms with Crippen LogP contribution >= 0.6 is 11.8 Å². The van der Waals surface area contributed by atoms with Gasteiger partial charge in [-0.2, -0.15) is 0 Å². The first-order valence-electron chi connectivity index (χ1n) is 6.03. The molecule has 1 aromatic carbocycles. The van der Waals surface area contributed by atoms with Crippen LogP contribution in [0.4, 0.5) is 20.3 Å². The minimum atomic E-state index is -0.780. The molecule has 1 heterocycles. The largest absolute Gasteiger partial charge is 0.368 e. The van der Waals surface area contributed by atoms with Crippen molar-refractivity contribution in [3.8, 4) is 0 Å². The van der Waals surface area contributed by atoms with Gasteiger partial charge in [0.15, 0.2) is 17.5 Å². The number of nitro benzene ring substituents is 1. The highest BCUT2D eigenvalue weighted by Crippen LogP contribution is 2.31. The highest BCUT2D eigenvalue weighted by atomic mass is 32.2. The molecular formula is C13H11F2N3O2S.